The molecule has 0 nitrogen and oxygen atoms in total. The van der Waals surface area contributed by atoms with E-state index in [-0.39, 0.29) is 30.2 Å². The predicted octanol–water partition coefficient (Wildman–Crippen LogP) is 4.99. The average Bonchev–Trinajstić information content (AvgIpc) is 3.62. The van der Waals surface area contributed by atoms with Crippen molar-refractivity contribution in [2.45, 2.75) is 26.9 Å². The number of aryl methyl sites for hydroxylation is 2. The summed E-state index contributed by atoms with van der Waals surface area (Å²) < 4.78 is 0. The maximum Gasteiger partial charge on any atom is -0.0127 e. The molecule has 0 saturated carbocycles. The molecule has 8 rings (SSSR count). The van der Waals surface area contributed by atoms with Crippen molar-refractivity contribution in [2.24, 2.45) is 0 Å². The minimum atomic E-state index is 0. The number of fused-ring (bicyclic) bond motifs is 6. The first kappa shape index (κ1) is 32.2. The minimum Gasteiger partial charge on any atom is -1.00 e. The summed E-state index contributed by atoms with van der Waals surface area (Å²) >= 11 is 1.74. The van der Waals surface area contributed by atoms with Gasteiger partial charge in [-0.2, -0.15) is 12.1 Å². The first-order chi connectivity index (χ1) is 19.4. The molecule has 0 aromatic heterocycles. The standard InChI is InChI=1S/C20H13.C16H13.C2H6Si.2ClH.Zr/c1-12-10-14-8-9-16-15-6-2-4-13-5-3-7-17(19(13)15)20(16)18(14)11-12;1-12-10-14-8-5-9-15(16(14)11-12)13-6-3-2-4-7-13;1-3-2;;;/h2-11H,1H3;2-11H,1H3;1-2H3;2*1H;/q2*-1;;;;+2/p-2. The Morgan fingerprint density at radius 1 is 0.571 bits per heavy atom. The molecule has 4 heteroatoms. The molecule has 0 heterocycles. The van der Waals surface area contributed by atoms with Crippen LogP contribution in [0.4, 0.5) is 0 Å². The molecule has 42 heavy (non-hydrogen) atoms. The van der Waals surface area contributed by atoms with Gasteiger partial charge < -0.3 is 24.8 Å². The fourth-order valence-electron chi connectivity index (χ4n) is 5.97. The zero-order valence-electron chi connectivity index (χ0n) is 24.3. The Morgan fingerprint density at radius 3 is 1.90 bits per heavy atom. The van der Waals surface area contributed by atoms with Crippen molar-refractivity contribution in [3.05, 3.63) is 132 Å². The molecule has 0 atom stereocenters. The van der Waals surface area contributed by atoms with E-state index in [9.17, 15) is 0 Å². The third-order valence-corrected chi connectivity index (χ3v) is 7.48. The maximum atomic E-state index is 2.32. The first-order valence-corrected chi connectivity index (χ1v) is 20.0. The molecule has 0 bridgehead atoms. The molecular weight excluding hydrogens is 647 g/mol. The largest absolute Gasteiger partial charge is 1.00 e. The van der Waals surface area contributed by atoms with Gasteiger partial charge in [0.2, 0.25) is 0 Å². The molecule has 7 aromatic carbocycles. The Labute approximate surface area is 276 Å². The van der Waals surface area contributed by atoms with Crippen LogP contribution in [0.25, 0.3) is 65.7 Å². The van der Waals surface area contributed by atoms with Gasteiger partial charge in [0.15, 0.2) is 0 Å². The monoisotopic (exact) mass is 676 g/mol. The van der Waals surface area contributed by atoms with Gasteiger partial charge in [-0.25, -0.2) is 0 Å². The number of hydrogen-bond donors (Lipinski definition) is 0. The quantitative estimate of drug-likeness (QED) is 0.170. The summed E-state index contributed by atoms with van der Waals surface area (Å²) in [6.07, 6.45) is 0. The topological polar surface area (TPSA) is 0 Å². The van der Waals surface area contributed by atoms with Crippen LogP contribution in [0, 0.1) is 13.8 Å². The van der Waals surface area contributed by atoms with E-state index >= 15 is 0 Å². The molecule has 1 aliphatic carbocycles. The SMILES string of the molecule is C[Si](C)=[Zr+2].Cc1cc2c(-c3ccccc3)cccc2[cH-]1.Cc1cc2ccc3c(c2[cH-]1)-c1cccc2cccc-3c12.[Cl-].[Cl-]. The first-order valence-electron chi connectivity index (χ1n) is 13.9. The van der Waals surface area contributed by atoms with Crippen molar-refractivity contribution in [3.63, 3.8) is 0 Å². The summed E-state index contributed by atoms with van der Waals surface area (Å²) in [5.41, 5.74) is 11.1. The number of halogens is 2. The van der Waals surface area contributed by atoms with E-state index in [1.807, 2.05) is 0 Å². The number of benzene rings is 5. The van der Waals surface area contributed by atoms with Gasteiger partial charge in [-0.15, -0.1) is 63.0 Å². The van der Waals surface area contributed by atoms with Gasteiger partial charge in [-0.3, -0.25) is 0 Å². The second kappa shape index (κ2) is 13.7. The van der Waals surface area contributed by atoms with Crippen LogP contribution < -0.4 is 24.8 Å². The summed E-state index contributed by atoms with van der Waals surface area (Å²) in [6.45, 7) is 8.94. The molecule has 0 N–H and O–H groups in total. The molecule has 208 valence electrons. The third-order valence-electron chi connectivity index (χ3n) is 7.48. The minimum absolute atomic E-state index is 0. The Morgan fingerprint density at radius 2 is 1.19 bits per heavy atom. The van der Waals surface area contributed by atoms with Crippen LogP contribution in [0.1, 0.15) is 11.1 Å². The number of rotatable bonds is 1. The Balaban J connectivity index is 0.000000168. The van der Waals surface area contributed by atoms with Crippen molar-refractivity contribution in [1.82, 2.24) is 0 Å². The predicted molar refractivity (Wildman–Crippen MR) is 173 cm³/mol. The van der Waals surface area contributed by atoms with Crippen LogP contribution >= 0.6 is 0 Å². The van der Waals surface area contributed by atoms with E-state index in [2.05, 4.69) is 148 Å². The van der Waals surface area contributed by atoms with Crippen molar-refractivity contribution < 1.29 is 48.1 Å². The molecule has 7 aromatic rings. The van der Waals surface area contributed by atoms with Crippen LogP contribution in [-0.2, 0) is 23.3 Å². The van der Waals surface area contributed by atoms with Gasteiger partial charge in [0.05, 0.1) is 0 Å². The Hall–Kier alpha value is -2.74. The second-order valence-electron chi connectivity index (χ2n) is 10.9. The summed E-state index contributed by atoms with van der Waals surface area (Å²) in [7, 11) is 0. The Kier molecular flexibility index (Phi) is 10.5. The van der Waals surface area contributed by atoms with E-state index < -0.39 is 0 Å². The average molecular weight is 679 g/mol. The molecule has 1 aliphatic rings. The van der Waals surface area contributed by atoms with E-state index in [1.54, 1.807) is 23.3 Å². The van der Waals surface area contributed by atoms with Gasteiger partial charge in [0.1, 0.15) is 0 Å². The van der Waals surface area contributed by atoms with E-state index in [1.165, 1.54) is 76.8 Å². The maximum absolute atomic E-state index is 2.32. The van der Waals surface area contributed by atoms with Gasteiger partial charge in [-0.05, 0) is 21.9 Å². The van der Waals surface area contributed by atoms with Crippen LogP contribution in [0.5, 0.6) is 0 Å². The number of hydrogen-bond acceptors (Lipinski definition) is 0. The van der Waals surface area contributed by atoms with Gasteiger partial charge >= 0.3 is 41.9 Å². The zero-order chi connectivity index (χ0) is 27.8. The normalized spacial score (nSPS) is 10.6. The van der Waals surface area contributed by atoms with E-state index in [0.29, 0.717) is 0 Å². The summed E-state index contributed by atoms with van der Waals surface area (Å²) in [6, 6.07) is 44.0. The molecule has 0 aliphatic heterocycles. The molecule has 0 radical (unpaired) electrons. The zero-order valence-corrected chi connectivity index (χ0v) is 29.3. The third kappa shape index (κ3) is 6.29. The van der Waals surface area contributed by atoms with Crippen LogP contribution in [0.2, 0.25) is 13.1 Å². The smallest absolute Gasteiger partial charge is 0.0127 e. The van der Waals surface area contributed by atoms with Gasteiger partial charge in [0, 0.05) is 0 Å². The van der Waals surface area contributed by atoms with Crippen molar-refractivity contribution in [2.75, 3.05) is 0 Å². The van der Waals surface area contributed by atoms with Gasteiger partial charge in [-0.1, -0.05) is 115 Å². The second-order valence-corrected chi connectivity index (χ2v) is 20.3. The van der Waals surface area contributed by atoms with Crippen molar-refractivity contribution >= 4 is 37.8 Å². The van der Waals surface area contributed by atoms with Crippen molar-refractivity contribution in [1.29, 1.82) is 0 Å². The fraction of sp³-hybridized carbons (Fsp3) is 0.105. The summed E-state index contributed by atoms with van der Waals surface area (Å²) in [5.74, 6) is 0. The molecule has 0 amide bonds. The fourth-order valence-corrected chi connectivity index (χ4v) is 5.97. The van der Waals surface area contributed by atoms with Crippen LogP contribution in [-0.4, -0.2) is 5.43 Å². The van der Waals surface area contributed by atoms with Gasteiger partial charge in [0.25, 0.3) is 0 Å². The van der Waals surface area contributed by atoms with E-state index in [0.717, 1.165) is 0 Å². The molecule has 0 unspecified atom stereocenters. The summed E-state index contributed by atoms with van der Waals surface area (Å²) in [4.78, 5) is 0. The Bertz CT molecular complexity index is 2010. The molecule has 0 fully saturated rings. The summed E-state index contributed by atoms with van der Waals surface area (Å²) in [5, 5.41) is 8.18. The van der Waals surface area contributed by atoms with Crippen LogP contribution in [0.15, 0.2) is 121 Å². The van der Waals surface area contributed by atoms with Crippen LogP contribution in [0.3, 0.4) is 0 Å². The van der Waals surface area contributed by atoms with E-state index in [4.69, 9.17) is 0 Å². The molecule has 0 saturated heterocycles. The van der Waals surface area contributed by atoms with Crippen molar-refractivity contribution in [3.8, 4) is 33.4 Å². The molecule has 0 spiro atoms. The molecular formula is C38H32Cl2SiZr-2.